The largest absolute Gasteiger partial charge is 0.497 e. The molecule has 0 spiro atoms. The minimum atomic E-state index is 0.0373. The van der Waals surface area contributed by atoms with Crippen molar-refractivity contribution < 1.29 is 14.3 Å². The quantitative estimate of drug-likeness (QED) is 0.785. The molecule has 1 aliphatic carbocycles. The summed E-state index contributed by atoms with van der Waals surface area (Å²) < 4.78 is 5.21. The summed E-state index contributed by atoms with van der Waals surface area (Å²) in [4.78, 5) is 23.1. The second-order valence-corrected chi connectivity index (χ2v) is 5.33. The maximum absolute atomic E-state index is 11.6. The Balaban J connectivity index is 1.96. The van der Waals surface area contributed by atoms with Gasteiger partial charge in [0.2, 0.25) is 0 Å². The van der Waals surface area contributed by atoms with Gasteiger partial charge >= 0.3 is 0 Å². The van der Waals surface area contributed by atoms with E-state index in [0.29, 0.717) is 12.8 Å². The van der Waals surface area contributed by atoms with Crippen LogP contribution in [0, 0.1) is 0 Å². The Morgan fingerprint density at radius 3 is 2.30 bits per heavy atom. The molecule has 0 aliphatic heterocycles. The highest BCUT2D eigenvalue weighted by atomic mass is 16.5. The smallest absolute Gasteiger partial charge is 0.140 e. The number of methoxy groups -OCH3 is 1. The van der Waals surface area contributed by atoms with Crippen LogP contribution in [0.15, 0.2) is 36.4 Å². The molecule has 3 rings (SSSR count). The molecule has 3 nitrogen and oxygen atoms in total. The number of fused-ring (bicyclic) bond motifs is 1. The summed E-state index contributed by atoms with van der Waals surface area (Å²) in [5, 5.41) is 2.20. The molecule has 102 valence electrons. The standard InChI is InChI=1S/C17H16O3/c1-20-17-5-4-11-6-12(2-3-13(11)9-17)14-7-15(18)10-16(19)8-14/h2-6,9,14H,7-8,10H2,1H3. The van der Waals surface area contributed by atoms with E-state index in [1.165, 1.54) is 0 Å². The van der Waals surface area contributed by atoms with Gasteiger partial charge in [-0.3, -0.25) is 9.59 Å². The van der Waals surface area contributed by atoms with Gasteiger partial charge in [0, 0.05) is 12.8 Å². The number of Topliss-reactive ketones (excluding diaryl/α,β-unsaturated/α-hetero) is 2. The Bertz CT molecular complexity index is 672. The van der Waals surface area contributed by atoms with Crippen LogP contribution in [0.25, 0.3) is 10.8 Å². The molecule has 0 heterocycles. The van der Waals surface area contributed by atoms with Gasteiger partial charge in [0.15, 0.2) is 0 Å². The van der Waals surface area contributed by atoms with Gasteiger partial charge < -0.3 is 4.74 Å². The number of rotatable bonds is 2. The van der Waals surface area contributed by atoms with E-state index in [9.17, 15) is 9.59 Å². The highest BCUT2D eigenvalue weighted by Crippen LogP contribution is 2.32. The van der Waals surface area contributed by atoms with E-state index in [-0.39, 0.29) is 23.9 Å². The number of hydrogen-bond donors (Lipinski definition) is 0. The Morgan fingerprint density at radius 2 is 1.60 bits per heavy atom. The molecular weight excluding hydrogens is 252 g/mol. The monoisotopic (exact) mass is 268 g/mol. The lowest BCUT2D eigenvalue weighted by Gasteiger charge is -2.20. The summed E-state index contributed by atoms with van der Waals surface area (Å²) in [7, 11) is 1.65. The van der Waals surface area contributed by atoms with Crippen molar-refractivity contribution in [2.45, 2.75) is 25.2 Å². The minimum Gasteiger partial charge on any atom is -0.497 e. The number of ketones is 2. The third kappa shape index (κ3) is 2.44. The zero-order valence-corrected chi connectivity index (χ0v) is 11.4. The fraction of sp³-hybridized carbons (Fsp3) is 0.294. The first-order valence-electron chi connectivity index (χ1n) is 6.77. The van der Waals surface area contributed by atoms with Crippen molar-refractivity contribution in [1.29, 1.82) is 0 Å². The molecule has 3 heteroatoms. The molecule has 0 unspecified atom stereocenters. The molecule has 1 fully saturated rings. The summed E-state index contributed by atoms with van der Waals surface area (Å²) in [5.41, 5.74) is 1.07. The molecule has 0 bridgehead atoms. The van der Waals surface area contributed by atoms with E-state index in [1.54, 1.807) is 7.11 Å². The lowest BCUT2D eigenvalue weighted by Crippen LogP contribution is -2.21. The first kappa shape index (κ1) is 12.9. The Hall–Kier alpha value is -2.16. The molecular formula is C17H16O3. The highest BCUT2D eigenvalue weighted by Gasteiger charge is 2.26. The van der Waals surface area contributed by atoms with Crippen molar-refractivity contribution in [1.82, 2.24) is 0 Å². The first-order chi connectivity index (χ1) is 9.65. The van der Waals surface area contributed by atoms with Gasteiger partial charge in [-0.1, -0.05) is 24.3 Å². The lowest BCUT2D eigenvalue weighted by atomic mass is 9.82. The maximum Gasteiger partial charge on any atom is 0.140 e. The molecule has 0 aromatic heterocycles. The normalized spacial score (nSPS) is 16.6. The number of carbonyl (C=O) groups excluding carboxylic acids is 2. The van der Waals surface area contributed by atoms with Crippen molar-refractivity contribution >= 4 is 22.3 Å². The second-order valence-electron chi connectivity index (χ2n) is 5.33. The fourth-order valence-corrected chi connectivity index (χ4v) is 2.84. The number of carbonyl (C=O) groups is 2. The van der Waals surface area contributed by atoms with Gasteiger partial charge in [-0.15, -0.1) is 0 Å². The van der Waals surface area contributed by atoms with Gasteiger partial charge in [0.05, 0.1) is 13.5 Å². The summed E-state index contributed by atoms with van der Waals surface area (Å²) in [6.45, 7) is 0. The van der Waals surface area contributed by atoms with Crippen molar-refractivity contribution in [2.24, 2.45) is 0 Å². The molecule has 0 atom stereocenters. The predicted octanol–water partition coefficient (Wildman–Crippen LogP) is 3.25. The van der Waals surface area contributed by atoms with Gasteiger partial charge in [-0.2, -0.15) is 0 Å². The van der Waals surface area contributed by atoms with Gasteiger partial charge in [0.25, 0.3) is 0 Å². The SMILES string of the molecule is COc1ccc2cc(C3CC(=O)CC(=O)C3)ccc2c1. The summed E-state index contributed by atoms with van der Waals surface area (Å²) >= 11 is 0. The first-order valence-corrected chi connectivity index (χ1v) is 6.77. The van der Waals surface area contributed by atoms with Crippen LogP contribution in [0.5, 0.6) is 5.75 Å². The lowest BCUT2D eigenvalue weighted by molar-refractivity contribution is -0.130. The van der Waals surface area contributed by atoms with E-state index in [0.717, 1.165) is 22.1 Å². The molecule has 0 amide bonds. The molecule has 0 N–H and O–H groups in total. The molecule has 1 saturated carbocycles. The van der Waals surface area contributed by atoms with E-state index >= 15 is 0 Å². The van der Waals surface area contributed by atoms with Crippen LogP contribution in [0.1, 0.15) is 30.7 Å². The average Bonchev–Trinajstić information content (AvgIpc) is 2.45. The Morgan fingerprint density at radius 1 is 0.950 bits per heavy atom. The molecule has 2 aromatic rings. The number of ether oxygens (including phenoxy) is 1. The summed E-state index contributed by atoms with van der Waals surface area (Å²) in [5.74, 6) is 0.977. The van der Waals surface area contributed by atoms with Crippen LogP contribution in [-0.2, 0) is 9.59 Å². The summed E-state index contributed by atoms with van der Waals surface area (Å²) in [6.07, 6.45) is 1.07. The molecule has 2 aromatic carbocycles. The van der Waals surface area contributed by atoms with E-state index in [4.69, 9.17) is 4.74 Å². The predicted molar refractivity (Wildman–Crippen MR) is 77.1 cm³/mol. The zero-order chi connectivity index (χ0) is 14.1. The van der Waals surface area contributed by atoms with Crippen molar-refractivity contribution in [3.05, 3.63) is 42.0 Å². The summed E-state index contributed by atoms with van der Waals surface area (Å²) in [6, 6.07) is 12.0. The van der Waals surface area contributed by atoms with Crippen LogP contribution in [-0.4, -0.2) is 18.7 Å². The van der Waals surface area contributed by atoms with Gasteiger partial charge in [-0.25, -0.2) is 0 Å². The highest BCUT2D eigenvalue weighted by molar-refractivity contribution is 6.02. The number of hydrogen-bond acceptors (Lipinski definition) is 3. The van der Waals surface area contributed by atoms with Crippen LogP contribution < -0.4 is 4.74 Å². The zero-order valence-electron chi connectivity index (χ0n) is 11.4. The number of benzene rings is 2. The van der Waals surface area contributed by atoms with E-state index in [1.807, 2.05) is 30.3 Å². The molecule has 20 heavy (non-hydrogen) atoms. The maximum atomic E-state index is 11.6. The topological polar surface area (TPSA) is 43.4 Å². The van der Waals surface area contributed by atoms with Crippen molar-refractivity contribution in [3.63, 3.8) is 0 Å². The second kappa shape index (κ2) is 5.08. The fourth-order valence-electron chi connectivity index (χ4n) is 2.84. The van der Waals surface area contributed by atoms with Crippen molar-refractivity contribution in [3.8, 4) is 5.75 Å². The van der Waals surface area contributed by atoms with E-state index in [2.05, 4.69) is 6.07 Å². The molecule has 1 aliphatic rings. The van der Waals surface area contributed by atoms with Crippen molar-refractivity contribution in [2.75, 3.05) is 7.11 Å². The van der Waals surface area contributed by atoms with E-state index < -0.39 is 0 Å². The Kier molecular flexibility index (Phi) is 3.26. The van der Waals surface area contributed by atoms with Crippen LogP contribution >= 0.6 is 0 Å². The third-order valence-corrected chi connectivity index (χ3v) is 3.89. The van der Waals surface area contributed by atoms with Crippen LogP contribution in [0.4, 0.5) is 0 Å². The minimum absolute atomic E-state index is 0.0373. The molecule has 0 saturated heterocycles. The van der Waals surface area contributed by atoms with Gasteiger partial charge in [0.1, 0.15) is 17.3 Å². The van der Waals surface area contributed by atoms with Gasteiger partial charge in [-0.05, 0) is 34.4 Å². The van der Waals surface area contributed by atoms with Crippen LogP contribution in [0.3, 0.4) is 0 Å². The third-order valence-electron chi connectivity index (χ3n) is 3.89. The average molecular weight is 268 g/mol. The molecule has 0 radical (unpaired) electrons. The van der Waals surface area contributed by atoms with Crippen LogP contribution in [0.2, 0.25) is 0 Å². The Labute approximate surface area is 117 Å².